The smallest absolute Gasteiger partial charge is 0.416 e. The van der Waals surface area contributed by atoms with Crippen molar-refractivity contribution in [3.05, 3.63) is 82.1 Å². The zero-order valence-electron chi connectivity index (χ0n) is 18.2. The summed E-state index contributed by atoms with van der Waals surface area (Å²) in [7, 11) is 0. The Morgan fingerprint density at radius 3 is 2.42 bits per heavy atom. The Balaban J connectivity index is 2.13. The van der Waals surface area contributed by atoms with Gasteiger partial charge in [0.05, 0.1) is 23.8 Å². The molecule has 0 radical (unpaired) electrons. The molecule has 0 saturated heterocycles. The summed E-state index contributed by atoms with van der Waals surface area (Å²) < 4.78 is 73.8. The van der Waals surface area contributed by atoms with Crippen molar-refractivity contribution in [3.8, 4) is 0 Å². The molecule has 1 atom stereocenters. The zero-order valence-corrected chi connectivity index (χ0v) is 18.2. The molecule has 9 heteroatoms. The average Bonchev–Trinajstić information content (AvgIpc) is 2.70. The molecule has 33 heavy (non-hydrogen) atoms. The number of amides is 1. The van der Waals surface area contributed by atoms with Crippen molar-refractivity contribution in [2.45, 2.75) is 51.9 Å². The van der Waals surface area contributed by atoms with Gasteiger partial charge in [-0.1, -0.05) is 24.3 Å². The Bertz CT molecular complexity index is 1110. The van der Waals surface area contributed by atoms with E-state index >= 15 is 0 Å². The van der Waals surface area contributed by atoms with E-state index in [1.54, 1.807) is 13.8 Å². The van der Waals surface area contributed by atoms with Gasteiger partial charge in [0.25, 0.3) is 0 Å². The van der Waals surface area contributed by atoms with Crippen LogP contribution in [0.15, 0.2) is 53.7 Å². The third-order valence-electron chi connectivity index (χ3n) is 5.37. The van der Waals surface area contributed by atoms with E-state index in [1.807, 2.05) is 0 Å². The van der Waals surface area contributed by atoms with Gasteiger partial charge in [0.15, 0.2) is 0 Å². The lowest BCUT2D eigenvalue weighted by molar-refractivity contribution is -0.145. The van der Waals surface area contributed by atoms with E-state index < -0.39 is 53.7 Å². The highest BCUT2D eigenvalue weighted by molar-refractivity contribution is 5.96. The summed E-state index contributed by atoms with van der Waals surface area (Å²) in [5.74, 6) is -4.33. The van der Waals surface area contributed by atoms with Gasteiger partial charge in [-0.2, -0.15) is 13.2 Å². The van der Waals surface area contributed by atoms with E-state index in [-0.39, 0.29) is 28.9 Å². The molecule has 0 aliphatic carbocycles. The third-order valence-corrected chi connectivity index (χ3v) is 5.37. The Kier molecular flexibility index (Phi) is 6.90. The van der Waals surface area contributed by atoms with Crippen LogP contribution >= 0.6 is 0 Å². The van der Waals surface area contributed by atoms with Crippen LogP contribution in [0.5, 0.6) is 0 Å². The Labute approximate surface area is 187 Å². The summed E-state index contributed by atoms with van der Waals surface area (Å²) in [5, 5.41) is 0. The highest BCUT2D eigenvalue weighted by Gasteiger charge is 2.42. The standard InChI is InChI=1S/C24H22F5NO3/c1-13(2)33-23(32)22-14(3)30(12-15-8-9-16(25)10-20(15)26)21(31)11-18(22)17-6-4-5-7-19(17)24(27,28)29/h4-10,13,18H,11-12H2,1-3H3. The second-order valence-electron chi connectivity index (χ2n) is 8.01. The molecule has 1 aliphatic heterocycles. The number of allylic oxidation sites excluding steroid dienone is 1. The van der Waals surface area contributed by atoms with Crippen molar-refractivity contribution in [2.75, 3.05) is 0 Å². The van der Waals surface area contributed by atoms with Crippen molar-refractivity contribution in [2.24, 2.45) is 0 Å². The summed E-state index contributed by atoms with van der Waals surface area (Å²) in [6.45, 7) is 4.26. The first-order valence-electron chi connectivity index (χ1n) is 10.2. The number of benzene rings is 2. The molecule has 4 nitrogen and oxygen atoms in total. The molecule has 3 rings (SSSR count). The number of hydrogen-bond donors (Lipinski definition) is 0. The first kappa shape index (κ1) is 24.4. The van der Waals surface area contributed by atoms with Gasteiger partial charge in [-0.3, -0.25) is 4.79 Å². The molecule has 1 amide bonds. The highest BCUT2D eigenvalue weighted by Crippen LogP contribution is 2.43. The third kappa shape index (κ3) is 5.23. The maximum atomic E-state index is 14.2. The van der Waals surface area contributed by atoms with E-state index in [0.717, 1.165) is 17.0 Å². The van der Waals surface area contributed by atoms with E-state index in [0.29, 0.717) is 6.07 Å². The van der Waals surface area contributed by atoms with Crippen LogP contribution in [0.3, 0.4) is 0 Å². The second-order valence-corrected chi connectivity index (χ2v) is 8.01. The molecular weight excluding hydrogens is 445 g/mol. The largest absolute Gasteiger partial charge is 0.460 e. The number of carbonyl (C=O) groups excluding carboxylic acids is 2. The van der Waals surface area contributed by atoms with Crippen molar-refractivity contribution in [1.82, 2.24) is 4.90 Å². The van der Waals surface area contributed by atoms with Gasteiger partial charge in [0, 0.05) is 29.7 Å². The first-order valence-corrected chi connectivity index (χ1v) is 10.2. The van der Waals surface area contributed by atoms with Crippen LogP contribution in [-0.4, -0.2) is 22.9 Å². The lowest BCUT2D eigenvalue weighted by atomic mass is 9.81. The second kappa shape index (κ2) is 9.33. The molecule has 0 saturated carbocycles. The van der Waals surface area contributed by atoms with Crippen LogP contribution in [0.1, 0.15) is 49.8 Å². The predicted octanol–water partition coefficient (Wildman–Crippen LogP) is 5.73. The summed E-state index contributed by atoms with van der Waals surface area (Å²) in [6.07, 6.45) is -5.71. The topological polar surface area (TPSA) is 46.6 Å². The Morgan fingerprint density at radius 1 is 1.15 bits per heavy atom. The van der Waals surface area contributed by atoms with Gasteiger partial charge in [0.2, 0.25) is 5.91 Å². The van der Waals surface area contributed by atoms with E-state index in [1.165, 1.54) is 31.2 Å². The van der Waals surface area contributed by atoms with Gasteiger partial charge in [-0.15, -0.1) is 0 Å². The minimum Gasteiger partial charge on any atom is -0.460 e. The monoisotopic (exact) mass is 467 g/mol. The van der Waals surface area contributed by atoms with Crippen molar-refractivity contribution >= 4 is 11.9 Å². The van der Waals surface area contributed by atoms with Gasteiger partial charge in [-0.25, -0.2) is 13.6 Å². The molecule has 0 N–H and O–H groups in total. The predicted molar refractivity (Wildman–Crippen MR) is 110 cm³/mol. The fourth-order valence-corrected chi connectivity index (χ4v) is 3.89. The number of esters is 1. The minimum absolute atomic E-state index is 0.00480. The van der Waals surface area contributed by atoms with Crippen LogP contribution in [0.4, 0.5) is 22.0 Å². The normalized spacial score (nSPS) is 17.1. The van der Waals surface area contributed by atoms with Crippen LogP contribution in [0.2, 0.25) is 0 Å². The highest BCUT2D eigenvalue weighted by atomic mass is 19.4. The van der Waals surface area contributed by atoms with Gasteiger partial charge in [-0.05, 0) is 38.5 Å². The van der Waals surface area contributed by atoms with Crippen LogP contribution < -0.4 is 0 Å². The number of hydrogen-bond acceptors (Lipinski definition) is 3. The molecule has 0 fully saturated rings. The number of carbonyl (C=O) groups is 2. The lowest BCUT2D eigenvalue weighted by Crippen LogP contribution is -2.39. The molecular formula is C24H22F5NO3. The minimum atomic E-state index is -4.70. The number of rotatable bonds is 5. The SMILES string of the molecule is CC1=C(C(=O)OC(C)C)C(c2ccccc2C(F)(F)F)CC(=O)N1Cc1ccc(F)cc1F. The molecule has 1 aliphatic rings. The van der Waals surface area contributed by atoms with Crippen LogP contribution in [-0.2, 0) is 27.0 Å². The van der Waals surface area contributed by atoms with E-state index in [2.05, 4.69) is 0 Å². The first-order chi connectivity index (χ1) is 15.4. The van der Waals surface area contributed by atoms with Gasteiger partial charge >= 0.3 is 12.1 Å². The van der Waals surface area contributed by atoms with Crippen LogP contribution in [0.25, 0.3) is 0 Å². The molecule has 2 aromatic rings. The molecule has 176 valence electrons. The summed E-state index contributed by atoms with van der Waals surface area (Å²) in [4.78, 5) is 27.1. The number of nitrogens with zero attached hydrogens (tertiary/aromatic N) is 1. The van der Waals surface area contributed by atoms with E-state index in [9.17, 15) is 31.5 Å². The molecule has 1 heterocycles. The molecule has 0 spiro atoms. The van der Waals surface area contributed by atoms with Crippen molar-refractivity contribution < 1.29 is 36.3 Å². The zero-order chi connectivity index (χ0) is 24.5. The van der Waals surface area contributed by atoms with Crippen molar-refractivity contribution in [1.29, 1.82) is 0 Å². The van der Waals surface area contributed by atoms with E-state index in [4.69, 9.17) is 4.74 Å². The summed E-state index contributed by atoms with van der Waals surface area (Å²) in [6, 6.07) is 7.61. The molecule has 2 aromatic carbocycles. The van der Waals surface area contributed by atoms with Crippen LogP contribution in [0, 0.1) is 11.6 Å². The number of ether oxygens (including phenoxy) is 1. The Morgan fingerprint density at radius 2 is 1.82 bits per heavy atom. The maximum absolute atomic E-state index is 14.2. The Hall–Kier alpha value is -3.23. The maximum Gasteiger partial charge on any atom is 0.416 e. The fraction of sp³-hybridized carbons (Fsp3) is 0.333. The number of alkyl halides is 3. The van der Waals surface area contributed by atoms with Gasteiger partial charge < -0.3 is 9.64 Å². The lowest BCUT2D eigenvalue weighted by Gasteiger charge is -2.35. The van der Waals surface area contributed by atoms with Gasteiger partial charge in [0.1, 0.15) is 11.6 Å². The fourth-order valence-electron chi connectivity index (χ4n) is 3.89. The molecule has 0 bridgehead atoms. The summed E-state index contributed by atoms with van der Waals surface area (Å²) >= 11 is 0. The number of halogens is 5. The quantitative estimate of drug-likeness (QED) is 0.417. The van der Waals surface area contributed by atoms with Crippen molar-refractivity contribution in [3.63, 3.8) is 0 Å². The molecule has 1 unspecified atom stereocenters. The molecule has 0 aromatic heterocycles. The average molecular weight is 467 g/mol. The summed E-state index contributed by atoms with van der Waals surface area (Å²) in [5.41, 5.74) is -1.23.